The summed E-state index contributed by atoms with van der Waals surface area (Å²) in [5.74, 6) is 0. The van der Waals surface area contributed by atoms with Crippen molar-refractivity contribution in [2.75, 3.05) is 0 Å². The molecule has 0 spiro atoms. The van der Waals surface area contributed by atoms with Crippen molar-refractivity contribution in [3.8, 4) is 0 Å². The minimum absolute atomic E-state index is 0.286. The molecular weight excluding hydrogens is 254 g/mol. The van der Waals surface area contributed by atoms with Gasteiger partial charge in [0.15, 0.2) is 0 Å². The Kier molecular flexibility index (Phi) is 6.39. The molecule has 1 rings (SSSR count). The molecule has 1 aliphatic rings. The summed E-state index contributed by atoms with van der Waals surface area (Å²) in [6.45, 7) is 13.1. The van der Waals surface area contributed by atoms with Gasteiger partial charge in [-0.3, -0.25) is 0 Å². The summed E-state index contributed by atoms with van der Waals surface area (Å²) in [4.78, 5) is 0. The number of rotatable bonds is 5. The normalized spacial score (nSPS) is 20.3. The lowest BCUT2D eigenvalue weighted by Crippen LogP contribution is -2.19. The van der Waals surface area contributed by atoms with Crippen LogP contribution >= 0.6 is 0 Å². The summed E-state index contributed by atoms with van der Waals surface area (Å²) in [5.41, 5.74) is 6.38. The van der Waals surface area contributed by atoms with Gasteiger partial charge in [0.1, 0.15) is 0 Å². The maximum Gasteiger partial charge on any atom is 0.0356 e. The van der Waals surface area contributed by atoms with E-state index in [2.05, 4.69) is 52.8 Å². The average Bonchev–Trinajstić information content (AvgIpc) is 2.36. The fourth-order valence-electron chi connectivity index (χ4n) is 3.00. The van der Waals surface area contributed by atoms with Crippen molar-refractivity contribution in [3.63, 3.8) is 0 Å². The van der Waals surface area contributed by atoms with Gasteiger partial charge in [0.25, 0.3) is 0 Å². The zero-order chi connectivity index (χ0) is 16.0. The first-order valence-corrected chi connectivity index (χ1v) is 8.02. The van der Waals surface area contributed by atoms with Crippen molar-refractivity contribution < 1.29 is 0 Å². The molecule has 0 atom stereocenters. The largest absolute Gasteiger partial charge is 0.305 e. The second kappa shape index (κ2) is 7.59. The Hall–Kier alpha value is -1.37. The van der Waals surface area contributed by atoms with Crippen molar-refractivity contribution in [2.45, 2.75) is 67.2 Å². The van der Waals surface area contributed by atoms with Crippen LogP contribution in [-0.4, -0.2) is 5.71 Å². The summed E-state index contributed by atoms with van der Waals surface area (Å²) < 4.78 is 0. The molecule has 1 nitrogen and oxygen atoms in total. The van der Waals surface area contributed by atoms with Gasteiger partial charge in [-0.05, 0) is 69.6 Å². The van der Waals surface area contributed by atoms with Crippen LogP contribution in [0.25, 0.3) is 0 Å². The Morgan fingerprint density at radius 2 is 1.95 bits per heavy atom. The third kappa shape index (κ3) is 5.49. The minimum atomic E-state index is 0.286. The van der Waals surface area contributed by atoms with Gasteiger partial charge < -0.3 is 5.41 Å². The molecule has 21 heavy (non-hydrogen) atoms. The average molecular weight is 285 g/mol. The SMILES string of the molecule is CC=C(C)CC(=N)C=C(C)C=CC1=C(C)CCCC1(C)C. The fourth-order valence-corrected chi connectivity index (χ4v) is 3.00. The van der Waals surface area contributed by atoms with Crippen LogP contribution in [0.1, 0.15) is 67.2 Å². The van der Waals surface area contributed by atoms with Gasteiger partial charge in [0, 0.05) is 12.1 Å². The number of allylic oxidation sites excluding steroid dienone is 8. The molecule has 0 aromatic heterocycles. The van der Waals surface area contributed by atoms with Gasteiger partial charge in [-0.1, -0.05) is 43.2 Å². The predicted octanol–water partition coefficient (Wildman–Crippen LogP) is 6.39. The zero-order valence-electron chi connectivity index (χ0n) is 14.6. The maximum atomic E-state index is 8.03. The van der Waals surface area contributed by atoms with Gasteiger partial charge in [-0.2, -0.15) is 0 Å². The second-order valence-corrected chi connectivity index (χ2v) is 6.99. The molecule has 0 aliphatic heterocycles. The van der Waals surface area contributed by atoms with E-state index in [1.165, 1.54) is 36.0 Å². The van der Waals surface area contributed by atoms with Crippen LogP contribution in [0.3, 0.4) is 0 Å². The van der Waals surface area contributed by atoms with Gasteiger partial charge in [0.05, 0.1) is 0 Å². The molecule has 0 aromatic rings. The lowest BCUT2D eigenvalue weighted by molar-refractivity contribution is 0.377. The molecule has 0 heterocycles. The zero-order valence-corrected chi connectivity index (χ0v) is 14.6. The highest BCUT2D eigenvalue weighted by Crippen LogP contribution is 2.40. The van der Waals surface area contributed by atoms with Crippen LogP contribution in [0.2, 0.25) is 0 Å². The third-order valence-corrected chi connectivity index (χ3v) is 4.42. The summed E-state index contributed by atoms with van der Waals surface area (Å²) in [6, 6.07) is 0. The molecule has 1 aliphatic carbocycles. The number of hydrogen-bond acceptors (Lipinski definition) is 1. The number of hydrogen-bond donors (Lipinski definition) is 1. The maximum absolute atomic E-state index is 8.03. The van der Waals surface area contributed by atoms with E-state index in [4.69, 9.17) is 5.41 Å². The molecular formula is C20H31N. The second-order valence-electron chi connectivity index (χ2n) is 6.99. The minimum Gasteiger partial charge on any atom is -0.305 e. The molecule has 0 fully saturated rings. The highest BCUT2D eigenvalue weighted by Gasteiger charge is 2.26. The van der Waals surface area contributed by atoms with Crippen LogP contribution in [0.4, 0.5) is 0 Å². The van der Waals surface area contributed by atoms with Crippen LogP contribution in [0, 0.1) is 10.8 Å². The highest BCUT2D eigenvalue weighted by atomic mass is 14.4. The smallest absolute Gasteiger partial charge is 0.0356 e. The first-order valence-electron chi connectivity index (χ1n) is 8.02. The Labute approximate surface area is 131 Å². The van der Waals surface area contributed by atoms with Crippen molar-refractivity contribution in [1.29, 1.82) is 5.41 Å². The standard InChI is InChI=1S/C20H31N/c1-7-15(2)13-18(21)14-16(3)10-11-19-17(4)9-8-12-20(19,5)6/h7,10-11,14,21H,8-9,12-13H2,1-6H3. The fraction of sp³-hybridized carbons (Fsp3) is 0.550. The van der Waals surface area contributed by atoms with E-state index in [-0.39, 0.29) is 5.41 Å². The van der Waals surface area contributed by atoms with Crippen molar-refractivity contribution in [1.82, 2.24) is 0 Å². The van der Waals surface area contributed by atoms with E-state index in [1.54, 1.807) is 0 Å². The molecule has 0 bridgehead atoms. The van der Waals surface area contributed by atoms with E-state index < -0.39 is 0 Å². The lowest BCUT2D eigenvalue weighted by atomic mass is 9.72. The quantitative estimate of drug-likeness (QED) is 0.344. The monoisotopic (exact) mass is 285 g/mol. The van der Waals surface area contributed by atoms with Crippen molar-refractivity contribution in [3.05, 3.63) is 46.6 Å². The van der Waals surface area contributed by atoms with Crippen LogP contribution in [0.15, 0.2) is 46.6 Å². The lowest BCUT2D eigenvalue weighted by Gasteiger charge is -2.32. The van der Waals surface area contributed by atoms with E-state index in [0.29, 0.717) is 5.71 Å². The molecule has 0 saturated carbocycles. The van der Waals surface area contributed by atoms with Crippen LogP contribution in [0.5, 0.6) is 0 Å². The summed E-state index contributed by atoms with van der Waals surface area (Å²) in [5, 5.41) is 8.03. The van der Waals surface area contributed by atoms with Gasteiger partial charge >= 0.3 is 0 Å². The number of nitrogens with one attached hydrogen (secondary N) is 1. The van der Waals surface area contributed by atoms with Crippen LogP contribution in [-0.2, 0) is 0 Å². The first-order chi connectivity index (χ1) is 9.76. The molecule has 0 aromatic carbocycles. The van der Waals surface area contributed by atoms with Crippen molar-refractivity contribution >= 4 is 5.71 Å². The Balaban J connectivity index is 2.82. The summed E-state index contributed by atoms with van der Waals surface area (Å²) in [6.07, 6.45) is 13.0. The first kappa shape index (κ1) is 17.7. The van der Waals surface area contributed by atoms with E-state index in [9.17, 15) is 0 Å². The highest BCUT2D eigenvalue weighted by molar-refractivity contribution is 5.94. The molecule has 1 N–H and O–H groups in total. The third-order valence-electron chi connectivity index (χ3n) is 4.42. The summed E-state index contributed by atoms with van der Waals surface area (Å²) in [7, 11) is 0. The van der Waals surface area contributed by atoms with E-state index >= 15 is 0 Å². The van der Waals surface area contributed by atoms with E-state index in [0.717, 1.165) is 12.0 Å². The van der Waals surface area contributed by atoms with Crippen LogP contribution < -0.4 is 0 Å². The molecule has 0 radical (unpaired) electrons. The Morgan fingerprint density at radius 3 is 2.52 bits per heavy atom. The molecule has 0 saturated heterocycles. The Morgan fingerprint density at radius 1 is 1.29 bits per heavy atom. The molecule has 0 unspecified atom stereocenters. The topological polar surface area (TPSA) is 23.9 Å². The Bertz CT molecular complexity index is 510. The van der Waals surface area contributed by atoms with Gasteiger partial charge in [0.2, 0.25) is 0 Å². The van der Waals surface area contributed by atoms with Gasteiger partial charge in [-0.15, -0.1) is 0 Å². The van der Waals surface area contributed by atoms with Gasteiger partial charge in [-0.25, -0.2) is 0 Å². The molecule has 0 amide bonds. The van der Waals surface area contributed by atoms with E-state index in [1.807, 2.05) is 13.0 Å². The summed E-state index contributed by atoms with van der Waals surface area (Å²) >= 11 is 0. The molecule has 116 valence electrons. The van der Waals surface area contributed by atoms with Crippen molar-refractivity contribution in [2.24, 2.45) is 5.41 Å². The predicted molar refractivity (Wildman–Crippen MR) is 95.0 cm³/mol. The molecule has 1 heteroatoms.